The minimum absolute atomic E-state index is 0. The summed E-state index contributed by atoms with van der Waals surface area (Å²) in [7, 11) is 0. The fourth-order valence-corrected chi connectivity index (χ4v) is 3.23. The highest BCUT2D eigenvalue weighted by atomic mass is 79.9. The van der Waals surface area contributed by atoms with Crippen LogP contribution in [0, 0.1) is 6.92 Å². The summed E-state index contributed by atoms with van der Waals surface area (Å²) in [6, 6.07) is 19.9. The maximum Gasteiger partial charge on any atom is 0.445 e. The molecule has 30 heavy (non-hydrogen) atoms. The Morgan fingerprint density at radius 2 is 1.60 bits per heavy atom. The number of oxazole rings is 1. The van der Waals surface area contributed by atoms with Gasteiger partial charge in [0.2, 0.25) is 0 Å². The van der Waals surface area contributed by atoms with Crippen molar-refractivity contribution in [1.82, 2.24) is 14.6 Å². The van der Waals surface area contributed by atoms with Crippen molar-refractivity contribution in [3.8, 4) is 0 Å². The Bertz CT molecular complexity index is 1070. The second kappa shape index (κ2) is 11.0. The molecule has 0 amide bonds. The van der Waals surface area contributed by atoms with Gasteiger partial charge in [-0.3, -0.25) is 4.98 Å². The first-order valence-corrected chi connectivity index (χ1v) is 9.46. The van der Waals surface area contributed by atoms with Gasteiger partial charge in [-0.1, -0.05) is 41.5 Å². The average Bonchev–Trinajstić information content (AvgIpc) is 3.51. The standard InChI is InChI=1S/C16H12N5O.C4H5NS.2BrH/c1-3-7-13(8-4-1)15-18-19-20-21(15,16-17-11-12-22-16)14-9-5-2-6-10-14;1-4-5-2-3-6-4;;/h1-12H;2-3H,1H3;2*1H/q+1;;;/p-1. The number of para-hydroxylation sites is 1. The highest BCUT2D eigenvalue weighted by Gasteiger charge is 2.50. The number of aromatic nitrogens is 2. The fraction of sp³-hybridized carbons (Fsp3) is 0.0500. The molecule has 4 aromatic rings. The third-order valence-electron chi connectivity index (χ3n) is 4.03. The van der Waals surface area contributed by atoms with E-state index in [-0.39, 0.29) is 38.6 Å². The Morgan fingerprint density at radius 3 is 2.13 bits per heavy atom. The number of thiazole rings is 1. The fourth-order valence-electron chi connectivity index (χ4n) is 2.79. The number of hydrogen-bond donors (Lipinski definition) is 0. The van der Waals surface area contributed by atoms with Gasteiger partial charge in [0.25, 0.3) is 5.84 Å². The van der Waals surface area contributed by atoms with E-state index in [0.29, 0.717) is 11.9 Å². The van der Waals surface area contributed by atoms with Crippen LogP contribution in [0.25, 0.3) is 0 Å². The molecule has 1 unspecified atom stereocenters. The molecule has 1 aliphatic heterocycles. The lowest BCUT2D eigenvalue weighted by Crippen LogP contribution is -3.00. The van der Waals surface area contributed by atoms with Gasteiger partial charge in [-0.2, -0.15) is 4.98 Å². The molecule has 154 valence electrons. The number of aryl methyl sites for hydroxylation is 1. The Labute approximate surface area is 198 Å². The molecule has 1 aliphatic rings. The number of amidine groups is 1. The molecule has 0 saturated carbocycles. The van der Waals surface area contributed by atoms with E-state index >= 15 is 0 Å². The van der Waals surface area contributed by atoms with Crippen molar-refractivity contribution >= 4 is 45.9 Å². The van der Waals surface area contributed by atoms with Crippen molar-refractivity contribution in [2.24, 2.45) is 15.5 Å². The summed E-state index contributed by atoms with van der Waals surface area (Å²) < 4.78 is 5.44. The van der Waals surface area contributed by atoms with Crippen molar-refractivity contribution in [1.29, 1.82) is 0 Å². The maximum atomic E-state index is 5.55. The van der Waals surface area contributed by atoms with Crippen LogP contribution in [0.1, 0.15) is 10.6 Å². The van der Waals surface area contributed by atoms with Crippen LogP contribution >= 0.6 is 28.3 Å². The lowest BCUT2D eigenvalue weighted by atomic mass is 10.1. The summed E-state index contributed by atoms with van der Waals surface area (Å²) in [6.07, 6.45) is 4.92. The van der Waals surface area contributed by atoms with Crippen LogP contribution in [0.2, 0.25) is 0 Å². The SMILES string of the molecule is Br.Cc1nccs1.[Br-].c1ccc(C2=NN=N[N+]2(c2ccccc2)c2ncco2)cc1. The number of benzene rings is 2. The van der Waals surface area contributed by atoms with E-state index in [1.807, 2.05) is 73.0 Å². The summed E-state index contributed by atoms with van der Waals surface area (Å²) >= 11 is 1.67. The minimum Gasteiger partial charge on any atom is -1.00 e. The van der Waals surface area contributed by atoms with Gasteiger partial charge in [0, 0.05) is 28.9 Å². The predicted octanol–water partition coefficient (Wildman–Crippen LogP) is 3.09. The van der Waals surface area contributed by atoms with Crippen LogP contribution in [-0.4, -0.2) is 15.8 Å². The summed E-state index contributed by atoms with van der Waals surface area (Å²) in [5.74, 6) is 0.647. The van der Waals surface area contributed by atoms with Gasteiger partial charge in [0.15, 0.2) is 5.69 Å². The molecular formula is C20H18Br2N6OS. The van der Waals surface area contributed by atoms with Crippen LogP contribution in [0.3, 0.4) is 0 Å². The summed E-state index contributed by atoms with van der Waals surface area (Å²) in [4.78, 5) is 8.23. The minimum atomic E-state index is -0.113. The van der Waals surface area contributed by atoms with E-state index in [1.54, 1.807) is 23.7 Å². The van der Waals surface area contributed by atoms with Crippen molar-refractivity contribution in [3.05, 3.63) is 95.3 Å². The molecule has 0 N–H and O–H groups in total. The Hall–Kier alpha value is -2.53. The zero-order valence-electron chi connectivity index (χ0n) is 15.9. The van der Waals surface area contributed by atoms with Gasteiger partial charge in [-0.25, -0.2) is 0 Å². The van der Waals surface area contributed by atoms with Gasteiger partial charge < -0.3 is 21.4 Å². The Balaban J connectivity index is 0.000000349. The lowest BCUT2D eigenvalue weighted by molar-refractivity contribution is -0.00000639. The molecule has 0 radical (unpaired) electrons. The highest BCUT2D eigenvalue weighted by Crippen LogP contribution is 2.39. The van der Waals surface area contributed by atoms with Crippen LogP contribution in [0.15, 0.2) is 105 Å². The summed E-state index contributed by atoms with van der Waals surface area (Å²) in [5.41, 5.74) is 1.77. The first-order valence-electron chi connectivity index (χ1n) is 8.58. The average molecular weight is 550 g/mol. The van der Waals surface area contributed by atoms with E-state index in [0.717, 1.165) is 16.3 Å². The third kappa shape index (κ3) is 4.78. The van der Waals surface area contributed by atoms with E-state index in [2.05, 4.69) is 25.5 Å². The first-order chi connectivity index (χ1) is 13.8. The zero-order valence-corrected chi connectivity index (χ0v) is 20.0. The molecule has 0 aliphatic carbocycles. The molecule has 2 aromatic heterocycles. The number of quaternary nitrogens is 1. The van der Waals surface area contributed by atoms with Crippen molar-refractivity contribution in [2.45, 2.75) is 6.92 Å². The Kier molecular flexibility index (Phi) is 8.72. The molecule has 3 heterocycles. The molecule has 0 bridgehead atoms. The van der Waals surface area contributed by atoms with Crippen LogP contribution in [-0.2, 0) is 0 Å². The van der Waals surface area contributed by atoms with Gasteiger partial charge >= 0.3 is 6.01 Å². The van der Waals surface area contributed by atoms with E-state index < -0.39 is 0 Å². The monoisotopic (exact) mass is 548 g/mol. The largest absolute Gasteiger partial charge is 1.00 e. The second-order valence-corrected chi connectivity index (χ2v) is 6.90. The van der Waals surface area contributed by atoms with Crippen molar-refractivity contribution in [3.63, 3.8) is 0 Å². The molecule has 10 heteroatoms. The van der Waals surface area contributed by atoms with E-state index in [1.165, 1.54) is 6.26 Å². The van der Waals surface area contributed by atoms with Crippen LogP contribution in [0.4, 0.5) is 11.7 Å². The number of nitrogens with zero attached hydrogens (tertiary/aromatic N) is 6. The molecule has 2 aromatic carbocycles. The number of halogens is 2. The quantitative estimate of drug-likeness (QED) is 0.368. The smallest absolute Gasteiger partial charge is 0.445 e. The van der Waals surface area contributed by atoms with Crippen molar-refractivity contribution in [2.75, 3.05) is 0 Å². The summed E-state index contributed by atoms with van der Waals surface area (Å²) in [5, 5.41) is 15.6. The van der Waals surface area contributed by atoms with Gasteiger partial charge in [0.1, 0.15) is 6.26 Å². The molecule has 1 atom stereocenters. The van der Waals surface area contributed by atoms with Crippen LogP contribution < -0.4 is 21.6 Å². The third-order valence-corrected chi connectivity index (χ3v) is 4.74. The topological polar surface area (TPSA) is 76.0 Å². The molecule has 7 nitrogen and oxygen atoms in total. The van der Waals surface area contributed by atoms with Gasteiger partial charge in [-0.15, -0.1) is 28.3 Å². The van der Waals surface area contributed by atoms with Crippen molar-refractivity contribution < 1.29 is 21.4 Å². The molecule has 0 saturated heterocycles. The normalized spacial score (nSPS) is 16.5. The Morgan fingerprint density at radius 1 is 0.900 bits per heavy atom. The molecule has 0 fully saturated rings. The predicted molar refractivity (Wildman–Crippen MR) is 119 cm³/mol. The van der Waals surface area contributed by atoms with Crippen LogP contribution in [0.5, 0.6) is 0 Å². The molecule has 5 rings (SSSR count). The first kappa shape index (κ1) is 23.7. The highest BCUT2D eigenvalue weighted by molar-refractivity contribution is 8.93. The van der Waals surface area contributed by atoms with Gasteiger partial charge in [-0.05, 0) is 23.6 Å². The lowest BCUT2D eigenvalue weighted by Gasteiger charge is -2.21. The number of hydrogen-bond acceptors (Lipinski definition) is 7. The molecule has 0 spiro atoms. The second-order valence-electron chi connectivity index (χ2n) is 5.81. The summed E-state index contributed by atoms with van der Waals surface area (Å²) in [6.45, 7) is 1.99. The maximum absolute atomic E-state index is 5.55. The number of rotatable bonds is 3. The van der Waals surface area contributed by atoms with Gasteiger partial charge in [0.05, 0.1) is 22.0 Å². The van der Waals surface area contributed by atoms with E-state index in [9.17, 15) is 0 Å². The molecular weight excluding hydrogens is 532 g/mol. The van der Waals surface area contributed by atoms with E-state index in [4.69, 9.17) is 4.42 Å². The zero-order chi connectivity index (χ0) is 19.2.